The number of anilines is 1. The van der Waals surface area contributed by atoms with Crippen molar-refractivity contribution < 1.29 is 9.13 Å². The van der Waals surface area contributed by atoms with Gasteiger partial charge in [-0.05, 0) is 45.8 Å². The van der Waals surface area contributed by atoms with Crippen molar-refractivity contribution in [3.05, 3.63) is 58.3 Å². The molecule has 0 saturated heterocycles. The Morgan fingerprint density at radius 2 is 2.10 bits per heavy atom. The average Bonchev–Trinajstić information content (AvgIpc) is 2.48. The van der Waals surface area contributed by atoms with Gasteiger partial charge in [0, 0.05) is 18.3 Å². The number of methoxy groups -OCH3 is 1. The highest BCUT2D eigenvalue weighted by Crippen LogP contribution is 2.25. The van der Waals surface area contributed by atoms with Crippen LogP contribution in [-0.2, 0) is 0 Å². The number of nitrogens with one attached hydrogen (secondary N) is 1. The van der Waals surface area contributed by atoms with E-state index < -0.39 is 0 Å². The minimum atomic E-state index is -0.286. The summed E-state index contributed by atoms with van der Waals surface area (Å²) in [6, 6.07) is 12.4. The van der Waals surface area contributed by atoms with Crippen molar-refractivity contribution in [2.45, 2.75) is 6.04 Å². The van der Waals surface area contributed by atoms with Gasteiger partial charge in [-0.25, -0.2) is 4.39 Å². The second-order valence-corrected chi connectivity index (χ2v) is 5.19. The van der Waals surface area contributed by atoms with Crippen LogP contribution >= 0.6 is 15.9 Å². The largest absolute Gasteiger partial charge is 0.497 e. The third-order valence-electron chi connectivity index (χ3n) is 2.99. The third kappa shape index (κ3) is 3.49. The van der Waals surface area contributed by atoms with E-state index >= 15 is 0 Å². The monoisotopic (exact) mass is 338 g/mol. The van der Waals surface area contributed by atoms with Gasteiger partial charge in [-0.1, -0.05) is 12.1 Å². The van der Waals surface area contributed by atoms with E-state index in [2.05, 4.69) is 21.2 Å². The Bertz CT molecular complexity index is 592. The van der Waals surface area contributed by atoms with Gasteiger partial charge in [-0.2, -0.15) is 0 Å². The zero-order valence-corrected chi connectivity index (χ0v) is 12.7. The molecule has 0 aromatic heterocycles. The summed E-state index contributed by atoms with van der Waals surface area (Å²) < 4.78 is 18.9. The number of benzene rings is 2. The molecule has 0 aliphatic rings. The van der Waals surface area contributed by atoms with E-state index in [0.29, 0.717) is 11.0 Å². The Hall–Kier alpha value is -1.59. The second kappa shape index (κ2) is 6.72. The van der Waals surface area contributed by atoms with Gasteiger partial charge in [0.05, 0.1) is 17.6 Å². The third-order valence-corrected chi connectivity index (χ3v) is 3.60. The first kappa shape index (κ1) is 14.8. The molecule has 3 N–H and O–H groups in total. The maximum atomic E-state index is 13.3. The highest BCUT2D eigenvalue weighted by Gasteiger charge is 2.11. The number of hydrogen-bond acceptors (Lipinski definition) is 3. The molecule has 0 saturated carbocycles. The first-order valence-corrected chi connectivity index (χ1v) is 6.99. The molecule has 20 heavy (non-hydrogen) atoms. The minimum absolute atomic E-state index is 0.0981. The first-order valence-electron chi connectivity index (χ1n) is 6.19. The molecule has 0 radical (unpaired) electrons. The van der Waals surface area contributed by atoms with Crippen LogP contribution in [0.4, 0.5) is 10.1 Å². The molecule has 5 heteroatoms. The Morgan fingerprint density at radius 3 is 2.75 bits per heavy atom. The van der Waals surface area contributed by atoms with Gasteiger partial charge in [-0.15, -0.1) is 0 Å². The summed E-state index contributed by atoms with van der Waals surface area (Å²) in [5, 5.41) is 3.32. The highest BCUT2D eigenvalue weighted by molar-refractivity contribution is 9.10. The van der Waals surface area contributed by atoms with Crippen molar-refractivity contribution in [1.29, 1.82) is 0 Å². The topological polar surface area (TPSA) is 47.3 Å². The number of halogens is 2. The van der Waals surface area contributed by atoms with Crippen LogP contribution < -0.4 is 15.8 Å². The number of nitrogens with two attached hydrogens (primary N) is 1. The molecule has 106 valence electrons. The lowest BCUT2D eigenvalue weighted by Gasteiger charge is -2.19. The SMILES string of the molecule is COc1cccc(NC(CN)c2ccc(F)c(Br)c2)c1. The molecule has 0 amide bonds. The predicted molar refractivity (Wildman–Crippen MR) is 82.5 cm³/mol. The van der Waals surface area contributed by atoms with Crippen molar-refractivity contribution in [2.24, 2.45) is 5.73 Å². The summed E-state index contributed by atoms with van der Waals surface area (Å²) in [6.45, 7) is 0.398. The minimum Gasteiger partial charge on any atom is -0.497 e. The first-order chi connectivity index (χ1) is 9.63. The van der Waals surface area contributed by atoms with E-state index in [1.165, 1.54) is 6.07 Å². The fourth-order valence-electron chi connectivity index (χ4n) is 1.92. The maximum absolute atomic E-state index is 13.3. The van der Waals surface area contributed by atoms with Crippen LogP contribution in [-0.4, -0.2) is 13.7 Å². The van der Waals surface area contributed by atoms with E-state index in [0.717, 1.165) is 17.0 Å². The van der Waals surface area contributed by atoms with Crippen LogP contribution in [0.15, 0.2) is 46.9 Å². The molecule has 0 fully saturated rings. The lowest BCUT2D eigenvalue weighted by molar-refractivity contribution is 0.415. The van der Waals surface area contributed by atoms with Crippen molar-refractivity contribution in [2.75, 3.05) is 19.0 Å². The second-order valence-electron chi connectivity index (χ2n) is 4.34. The molecule has 2 rings (SSSR count). The lowest BCUT2D eigenvalue weighted by atomic mass is 10.1. The smallest absolute Gasteiger partial charge is 0.137 e. The van der Waals surface area contributed by atoms with Crippen LogP contribution in [0.1, 0.15) is 11.6 Å². The molecular formula is C15H16BrFN2O. The number of ether oxygens (including phenoxy) is 1. The van der Waals surface area contributed by atoms with Crippen LogP contribution in [0.2, 0.25) is 0 Å². The van der Waals surface area contributed by atoms with Gasteiger partial charge in [-0.3, -0.25) is 0 Å². The molecule has 1 unspecified atom stereocenters. The summed E-state index contributed by atoms with van der Waals surface area (Å²) >= 11 is 3.19. The van der Waals surface area contributed by atoms with Crippen LogP contribution in [0.25, 0.3) is 0 Å². The molecule has 1 atom stereocenters. The molecular weight excluding hydrogens is 323 g/mol. The van der Waals surface area contributed by atoms with E-state index in [4.69, 9.17) is 10.5 Å². The van der Waals surface area contributed by atoms with Crippen molar-refractivity contribution in [1.82, 2.24) is 0 Å². The van der Waals surface area contributed by atoms with E-state index in [1.807, 2.05) is 24.3 Å². The summed E-state index contributed by atoms with van der Waals surface area (Å²) in [6.07, 6.45) is 0. The van der Waals surface area contributed by atoms with Crippen LogP contribution in [0.5, 0.6) is 5.75 Å². The highest BCUT2D eigenvalue weighted by atomic mass is 79.9. The molecule has 0 bridgehead atoms. The van der Waals surface area contributed by atoms with Crippen molar-refractivity contribution in [3.8, 4) is 5.75 Å². The molecule has 3 nitrogen and oxygen atoms in total. The van der Waals surface area contributed by atoms with Crippen LogP contribution in [0.3, 0.4) is 0 Å². The van der Waals surface area contributed by atoms with Gasteiger partial charge in [0.1, 0.15) is 11.6 Å². The molecule has 2 aromatic carbocycles. The zero-order valence-electron chi connectivity index (χ0n) is 11.1. The molecule has 0 aliphatic carbocycles. The summed E-state index contributed by atoms with van der Waals surface area (Å²) in [7, 11) is 1.62. The van der Waals surface area contributed by atoms with Crippen molar-refractivity contribution >= 4 is 21.6 Å². The fourth-order valence-corrected chi connectivity index (χ4v) is 2.32. The Kier molecular flexibility index (Phi) is 4.98. The lowest BCUT2D eigenvalue weighted by Crippen LogP contribution is -2.20. The van der Waals surface area contributed by atoms with Crippen molar-refractivity contribution in [3.63, 3.8) is 0 Å². The number of hydrogen-bond donors (Lipinski definition) is 2. The van der Waals surface area contributed by atoms with E-state index in [-0.39, 0.29) is 11.9 Å². The maximum Gasteiger partial charge on any atom is 0.137 e. The van der Waals surface area contributed by atoms with Gasteiger partial charge in [0.15, 0.2) is 0 Å². The van der Waals surface area contributed by atoms with E-state index in [1.54, 1.807) is 19.2 Å². The Morgan fingerprint density at radius 1 is 1.30 bits per heavy atom. The van der Waals surface area contributed by atoms with Crippen LogP contribution in [0, 0.1) is 5.82 Å². The standard InChI is InChI=1S/C15H16BrFN2O/c1-20-12-4-2-3-11(8-12)19-15(9-18)10-5-6-14(17)13(16)7-10/h2-8,15,19H,9,18H2,1H3. The summed E-state index contributed by atoms with van der Waals surface area (Å²) in [5.74, 6) is 0.483. The summed E-state index contributed by atoms with van der Waals surface area (Å²) in [4.78, 5) is 0. The van der Waals surface area contributed by atoms with E-state index in [9.17, 15) is 4.39 Å². The van der Waals surface area contributed by atoms with Gasteiger partial charge < -0.3 is 15.8 Å². The average molecular weight is 339 g/mol. The van der Waals surface area contributed by atoms with Gasteiger partial charge in [0.2, 0.25) is 0 Å². The quantitative estimate of drug-likeness (QED) is 0.873. The fraction of sp³-hybridized carbons (Fsp3) is 0.200. The molecule has 0 aliphatic heterocycles. The zero-order chi connectivity index (χ0) is 14.5. The molecule has 0 heterocycles. The van der Waals surface area contributed by atoms with Gasteiger partial charge >= 0.3 is 0 Å². The number of rotatable bonds is 5. The Balaban J connectivity index is 2.21. The van der Waals surface area contributed by atoms with Gasteiger partial charge in [0.25, 0.3) is 0 Å². The molecule has 2 aromatic rings. The predicted octanol–water partition coefficient (Wildman–Crippen LogP) is 3.71. The molecule has 0 spiro atoms. The normalized spacial score (nSPS) is 12.0. The Labute approximate surface area is 126 Å². The summed E-state index contributed by atoms with van der Waals surface area (Å²) in [5.41, 5.74) is 7.63.